The minimum atomic E-state index is -5.46. The Kier molecular flexibility index (Phi) is 14.6. The zero-order valence-corrected chi connectivity index (χ0v) is 23.7. The number of guanidine groups is 1. The van der Waals surface area contributed by atoms with Gasteiger partial charge >= 0.3 is 18.1 Å². The molecular weight excluding hydrogens is 577 g/mol. The molecule has 0 heterocycles. The molecule has 3 amide bonds. The fourth-order valence-corrected chi connectivity index (χ4v) is 3.76. The summed E-state index contributed by atoms with van der Waals surface area (Å²) in [6, 6.07) is 3.24. The van der Waals surface area contributed by atoms with E-state index in [4.69, 9.17) is 22.3 Å². The molecule has 0 aliphatic heterocycles. The van der Waals surface area contributed by atoms with Gasteiger partial charge in [-0.25, -0.2) is 9.59 Å². The number of carbonyl (C=O) groups is 5. The molecule has 0 aromatic heterocycles. The van der Waals surface area contributed by atoms with Crippen LogP contribution in [0.5, 0.6) is 0 Å². The van der Waals surface area contributed by atoms with Crippen LogP contribution in [-0.4, -0.2) is 73.3 Å². The van der Waals surface area contributed by atoms with Gasteiger partial charge in [-0.2, -0.15) is 13.2 Å². The summed E-state index contributed by atoms with van der Waals surface area (Å²) in [5.74, 6) is -8.75. The highest BCUT2D eigenvalue weighted by Crippen LogP contribution is 2.18. The number of unbranched alkanes of at least 4 members (excludes halogenated alkanes) is 1. The lowest BCUT2D eigenvalue weighted by Crippen LogP contribution is -2.54. The van der Waals surface area contributed by atoms with Crippen molar-refractivity contribution in [2.45, 2.75) is 63.7 Å². The molecule has 14 nitrogen and oxygen atoms in total. The fraction of sp³-hybridized carbons (Fsp3) is 0.500. The molecule has 0 aliphatic rings. The SMILES string of the molecule is CCCC[C@@H](NC(=O)C(Cc1ccc(C(=N)N)cc1)C(=O)NC)C(=O)N[C@@H](CCCNC(=N)N)C(=O)OC(=O)C(F)(F)F. The van der Waals surface area contributed by atoms with Gasteiger partial charge in [0.05, 0.1) is 0 Å². The topological polar surface area (TPSA) is 242 Å². The van der Waals surface area contributed by atoms with Gasteiger partial charge in [0.2, 0.25) is 17.7 Å². The van der Waals surface area contributed by atoms with Crippen molar-refractivity contribution in [3.05, 3.63) is 35.4 Å². The van der Waals surface area contributed by atoms with E-state index in [9.17, 15) is 37.1 Å². The first-order chi connectivity index (χ1) is 20.1. The maximum Gasteiger partial charge on any atom is 0.491 e. The molecular formula is C26H37F3N8O6. The first-order valence-corrected chi connectivity index (χ1v) is 13.3. The van der Waals surface area contributed by atoms with Gasteiger partial charge in [-0.3, -0.25) is 25.2 Å². The molecule has 0 spiro atoms. The van der Waals surface area contributed by atoms with Crippen LogP contribution in [-0.2, 0) is 35.1 Å². The maximum absolute atomic E-state index is 13.2. The third-order valence-corrected chi connectivity index (χ3v) is 6.07. The van der Waals surface area contributed by atoms with Crippen LogP contribution in [0.3, 0.4) is 0 Å². The Hall–Kier alpha value is -4.70. The van der Waals surface area contributed by atoms with Crippen molar-refractivity contribution in [2.75, 3.05) is 13.6 Å². The number of benzene rings is 1. The fourth-order valence-electron chi connectivity index (χ4n) is 3.76. The smallest absolute Gasteiger partial charge is 0.385 e. The molecule has 238 valence electrons. The Balaban J connectivity index is 3.15. The number of nitrogens with two attached hydrogens (primary N) is 2. The van der Waals surface area contributed by atoms with Gasteiger partial charge in [0, 0.05) is 19.2 Å². The number of esters is 2. The van der Waals surface area contributed by atoms with Crippen LogP contribution >= 0.6 is 0 Å². The summed E-state index contributed by atoms with van der Waals surface area (Å²) < 4.78 is 41.9. The van der Waals surface area contributed by atoms with Gasteiger partial charge in [0.15, 0.2) is 5.96 Å². The number of alkyl halides is 3. The van der Waals surface area contributed by atoms with Crippen molar-refractivity contribution in [1.29, 1.82) is 10.8 Å². The number of nitrogen functional groups attached to an aromatic ring is 1. The molecule has 10 N–H and O–H groups in total. The highest BCUT2D eigenvalue weighted by atomic mass is 19.4. The first kappa shape index (κ1) is 36.3. The molecule has 17 heteroatoms. The van der Waals surface area contributed by atoms with E-state index in [-0.39, 0.29) is 38.1 Å². The van der Waals surface area contributed by atoms with Crippen molar-refractivity contribution >= 4 is 41.5 Å². The maximum atomic E-state index is 13.2. The largest absolute Gasteiger partial charge is 0.491 e. The summed E-state index contributed by atoms with van der Waals surface area (Å²) in [5.41, 5.74) is 11.6. The van der Waals surface area contributed by atoms with E-state index < -0.39 is 59.8 Å². The molecule has 0 bridgehead atoms. The molecule has 0 radical (unpaired) electrons. The molecule has 1 rings (SSSR count). The van der Waals surface area contributed by atoms with Gasteiger partial charge in [0.1, 0.15) is 23.8 Å². The van der Waals surface area contributed by atoms with Gasteiger partial charge in [-0.15, -0.1) is 0 Å². The van der Waals surface area contributed by atoms with E-state index in [0.29, 0.717) is 24.0 Å². The number of halogens is 3. The first-order valence-electron chi connectivity index (χ1n) is 13.3. The minimum Gasteiger partial charge on any atom is -0.385 e. The number of ether oxygens (including phenoxy) is 1. The average Bonchev–Trinajstić information content (AvgIpc) is 2.94. The number of amides is 3. The third kappa shape index (κ3) is 12.8. The predicted octanol–water partition coefficient (Wildman–Crippen LogP) is -0.0695. The zero-order valence-electron chi connectivity index (χ0n) is 23.7. The molecule has 3 atom stereocenters. The normalized spacial score (nSPS) is 13.0. The van der Waals surface area contributed by atoms with Gasteiger partial charge < -0.3 is 37.5 Å². The number of nitrogens with one attached hydrogen (secondary N) is 6. The third-order valence-electron chi connectivity index (χ3n) is 6.07. The van der Waals surface area contributed by atoms with Crippen molar-refractivity contribution in [1.82, 2.24) is 21.3 Å². The lowest BCUT2D eigenvalue weighted by molar-refractivity contribution is -0.202. The van der Waals surface area contributed by atoms with Crippen molar-refractivity contribution < 1.29 is 41.9 Å². The second-order valence-corrected chi connectivity index (χ2v) is 9.44. The number of carbonyl (C=O) groups excluding carboxylic acids is 5. The molecule has 43 heavy (non-hydrogen) atoms. The quantitative estimate of drug-likeness (QED) is 0.0408. The van der Waals surface area contributed by atoms with Crippen LogP contribution in [0.1, 0.15) is 50.2 Å². The summed E-state index contributed by atoms with van der Waals surface area (Å²) in [5, 5.41) is 24.2. The van der Waals surface area contributed by atoms with Crippen molar-refractivity contribution in [3.8, 4) is 0 Å². The molecule has 1 unspecified atom stereocenters. The molecule has 0 saturated heterocycles. The van der Waals surface area contributed by atoms with Crippen LogP contribution in [0.4, 0.5) is 13.2 Å². The van der Waals surface area contributed by atoms with E-state index in [0.717, 1.165) is 0 Å². The predicted molar refractivity (Wildman–Crippen MR) is 148 cm³/mol. The highest BCUT2D eigenvalue weighted by molar-refractivity contribution is 6.02. The van der Waals surface area contributed by atoms with Crippen LogP contribution in [0, 0.1) is 16.7 Å². The Morgan fingerprint density at radius 1 is 0.907 bits per heavy atom. The van der Waals surface area contributed by atoms with Crippen molar-refractivity contribution in [3.63, 3.8) is 0 Å². The lowest BCUT2D eigenvalue weighted by atomic mass is 9.95. The number of hydrogen-bond acceptors (Lipinski definition) is 8. The molecule has 0 saturated carbocycles. The summed E-state index contributed by atoms with van der Waals surface area (Å²) >= 11 is 0. The molecule has 0 aliphatic carbocycles. The van der Waals surface area contributed by atoms with Crippen LogP contribution in [0.15, 0.2) is 24.3 Å². The summed E-state index contributed by atoms with van der Waals surface area (Å²) in [6.07, 6.45) is -4.77. The van der Waals surface area contributed by atoms with Crippen LogP contribution < -0.4 is 32.7 Å². The van der Waals surface area contributed by atoms with E-state index in [1.165, 1.54) is 7.05 Å². The number of rotatable bonds is 16. The monoisotopic (exact) mass is 614 g/mol. The number of amidine groups is 1. The van der Waals surface area contributed by atoms with Gasteiger partial charge in [-0.05, 0) is 31.2 Å². The highest BCUT2D eigenvalue weighted by Gasteiger charge is 2.43. The van der Waals surface area contributed by atoms with E-state index in [1.54, 1.807) is 31.2 Å². The second-order valence-electron chi connectivity index (χ2n) is 9.44. The lowest BCUT2D eigenvalue weighted by Gasteiger charge is -2.24. The summed E-state index contributed by atoms with van der Waals surface area (Å²) in [4.78, 5) is 62.7. The summed E-state index contributed by atoms with van der Waals surface area (Å²) in [6.45, 7) is 1.82. The Bertz CT molecular complexity index is 1180. The van der Waals surface area contributed by atoms with Gasteiger partial charge in [0.25, 0.3) is 0 Å². The van der Waals surface area contributed by atoms with Gasteiger partial charge in [-0.1, -0.05) is 44.0 Å². The summed E-state index contributed by atoms with van der Waals surface area (Å²) in [7, 11) is 1.32. The zero-order chi connectivity index (χ0) is 32.7. The van der Waals surface area contributed by atoms with Crippen LogP contribution in [0.2, 0.25) is 0 Å². The molecule has 0 fully saturated rings. The molecule has 1 aromatic carbocycles. The number of hydrogen-bond donors (Lipinski definition) is 8. The minimum absolute atomic E-state index is 0.0133. The van der Waals surface area contributed by atoms with E-state index >= 15 is 0 Å². The van der Waals surface area contributed by atoms with Crippen molar-refractivity contribution in [2.24, 2.45) is 17.4 Å². The Labute approximate surface area is 245 Å². The van der Waals surface area contributed by atoms with E-state index in [1.807, 2.05) is 0 Å². The standard InChI is InChI=1S/C26H37F3N8O6/c1-3-4-6-17(36-21(39)16(20(38)34-2)13-14-8-10-15(11-9-14)19(30)31)22(40)37-18(7-5-12-35-25(32)33)23(41)43-24(42)26(27,28)29/h8-11,16-18H,3-7,12-13H2,1-2H3,(H3,30,31)(H,34,38)(H,36,39)(H,37,40)(H4,32,33,35)/t16?,17-,18+/m1/s1. The Morgan fingerprint density at radius 3 is 2.00 bits per heavy atom. The van der Waals surface area contributed by atoms with Crippen LogP contribution in [0.25, 0.3) is 0 Å². The average molecular weight is 615 g/mol. The second kappa shape index (κ2) is 17.3. The Morgan fingerprint density at radius 2 is 1.49 bits per heavy atom. The molecule has 1 aromatic rings. The van der Waals surface area contributed by atoms with E-state index in [2.05, 4.69) is 26.0 Å².